The summed E-state index contributed by atoms with van der Waals surface area (Å²) in [6.45, 7) is 0. The fourth-order valence-corrected chi connectivity index (χ4v) is 3.30. The highest BCUT2D eigenvalue weighted by atomic mass is 79.9. The Morgan fingerprint density at radius 3 is 2.75 bits per heavy atom. The van der Waals surface area contributed by atoms with E-state index in [0.717, 1.165) is 15.9 Å². The molecule has 0 amide bonds. The van der Waals surface area contributed by atoms with Crippen LogP contribution >= 0.6 is 27.3 Å². The van der Waals surface area contributed by atoms with Gasteiger partial charge in [-0.05, 0) is 34.5 Å². The Labute approximate surface area is 129 Å². The third kappa shape index (κ3) is 2.91. The normalized spacial score (nSPS) is 12.7. The van der Waals surface area contributed by atoms with E-state index < -0.39 is 0 Å². The van der Waals surface area contributed by atoms with Crippen molar-refractivity contribution in [3.05, 3.63) is 63.0 Å². The molecule has 0 fully saturated rings. The number of benzene rings is 2. The predicted molar refractivity (Wildman–Crippen MR) is 87.5 cm³/mol. The van der Waals surface area contributed by atoms with Crippen molar-refractivity contribution in [2.45, 2.75) is 12.5 Å². The lowest BCUT2D eigenvalue weighted by Gasteiger charge is -2.15. The summed E-state index contributed by atoms with van der Waals surface area (Å²) in [7, 11) is 0. The van der Waals surface area contributed by atoms with Crippen LogP contribution in [0.4, 0.5) is 0 Å². The molecule has 3 nitrogen and oxygen atoms in total. The van der Waals surface area contributed by atoms with Gasteiger partial charge in [0.25, 0.3) is 0 Å². The fourth-order valence-electron chi connectivity index (χ4n) is 2.25. The molecule has 102 valence electrons. The van der Waals surface area contributed by atoms with Crippen LogP contribution in [0.15, 0.2) is 52.4 Å². The van der Waals surface area contributed by atoms with Gasteiger partial charge in [0.1, 0.15) is 0 Å². The summed E-state index contributed by atoms with van der Waals surface area (Å²) in [6.07, 6.45) is 2.63. The van der Waals surface area contributed by atoms with E-state index in [9.17, 15) is 0 Å². The Morgan fingerprint density at radius 1 is 1.20 bits per heavy atom. The maximum absolute atomic E-state index is 5.71. The van der Waals surface area contributed by atoms with Crippen molar-refractivity contribution in [1.29, 1.82) is 0 Å². The van der Waals surface area contributed by atoms with Gasteiger partial charge >= 0.3 is 0 Å². The molecule has 1 unspecified atom stereocenters. The molecule has 2 aromatic carbocycles. The zero-order chi connectivity index (χ0) is 13.9. The molecule has 20 heavy (non-hydrogen) atoms. The molecule has 5 heteroatoms. The van der Waals surface area contributed by atoms with E-state index in [0.29, 0.717) is 0 Å². The van der Waals surface area contributed by atoms with Gasteiger partial charge in [0, 0.05) is 22.5 Å². The summed E-state index contributed by atoms with van der Waals surface area (Å²) in [6, 6.07) is 12.8. The van der Waals surface area contributed by atoms with Crippen LogP contribution in [0.2, 0.25) is 0 Å². The second kappa shape index (κ2) is 6.01. The summed E-state index contributed by atoms with van der Waals surface area (Å²) in [5, 5.41) is 5.50. The minimum atomic E-state index is 0.0780. The van der Waals surface area contributed by atoms with Gasteiger partial charge in [-0.3, -0.25) is 11.3 Å². The number of hydrazine groups is 1. The number of halogens is 1. The van der Waals surface area contributed by atoms with Crippen molar-refractivity contribution in [1.82, 2.24) is 10.4 Å². The number of aromatic nitrogens is 1. The third-order valence-corrected chi connectivity index (χ3v) is 4.59. The van der Waals surface area contributed by atoms with Crippen molar-refractivity contribution in [2.24, 2.45) is 5.84 Å². The second-order valence-electron chi connectivity index (χ2n) is 4.60. The maximum atomic E-state index is 5.71. The van der Waals surface area contributed by atoms with Crippen LogP contribution in [-0.4, -0.2) is 4.98 Å². The Kier molecular flexibility index (Phi) is 4.12. The molecule has 0 saturated carbocycles. The van der Waals surface area contributed by atoms with E-state index in [-0.39, 0.29) is 6.04 Å². The van der Waals surface area contributed by atoms with Crippen molar-refractivity contribution < 1.29 is 0 Å². The number of nitrogens with two attached hydrogens (primary N) is 1. The Bertz CT molecular complexity index is 712. The van der Waals surface area contributed by atoms with Gasteiger partial charge < -0.3 is 0 Å². The zero-order valence-electron chi connectivity index (χ0n) is 10.7. The number of thiazole rings is 1. The molecule has 0 bridgehead atoms. The fraction of sp³-hybridized carbons (Fsp3) is 0.133. The number of fused-ring (bicyclic) bond motifs is 1. The monoisotopic (exact) mass is 347 g/mol. The molecule has 0 aliphatic rings. The molecule has 1 aromatic heterocycles. The molecule has 3 rings (SSSR count). The van der Waals surface area contributed by atoms with E-state index >= 15 is 0 Å². The van der Waals surface area contributed by atoms with Crippen molar-refractivity contribution in [3.63, 3.8) is 0 Å². The van der Waals surface area contributed by atoms with Crippen LogP contribution in [0.5, 0.6) is 0 Å². The summed E-state index contributed by atoms with van der Waals surface area (Å²) in [5.74, 6) is 5.71. The highest BCUT2D eigenvalue weighted by Gasteiger charge is 2.12. The SMILES string of the molecule is NNC(Cc1nccs1)c1ccc2cc(Br)ccc2c1. The lowest BCUT2D eigenvalue weighted by Crippen LogP contribution is -2.29. The minimum absolute atomic E-state index is 0.0780. The standard InChI is InChI=1S/C15H14BrN3S/c16-13-4-3-10-7-12(2-1-11(10)8-13)14(19-17)9-15-18-5-6-20-15/h1-8,14,19H,9,17H2. The van der Waals surface area contributed by atoms with Gasteiger partial charge in [0.2, 0.25) is 0 Å². The number of hydrogen-bond acceptors (Lipinski definition) is 4. The summed E-state index contributed by atoms with van der Waals surface area (Å²) in [5.41, 5.74) is 4.07. The largest absolute Gasteiger partial charge is 0.271 e. The topological polar surface area (TPSA) is 50.9 Å². The molecular formula is C15H14BrN3S. The van der Waals surface area contributed by atoms with Crippen LogP contribution in [0.25, 0.3) is 10.8 Å². The highest BCUT2D eigenvalue weighted by Crippen LogP contribution is 2.25. The predicted octanol–water partition coefficient (Wildman–Crippen LogP) is 3.81. The van der Waals surface area contributed by atoms with Crippen LogP contribution in [0, 0.1) is 0 Å². The first-order valence-corrected chi connectivity index (χ1v) is 7.97. The number of nitrogens with zero attached hydrogens (tertiary/aromatic N) is 1. The van der Waals surface area contributed by atoms with Crippen LogP contribution in [0.3, 0.4) is 0 Å². The third-order valence-electron chi connectivity index (χ3n) is 3.29. The Morgan fingerprint density at radius 2 is 2.00 bits per heavy atom. The van der Waals surface area contributed by atoms with Gasteiger partial charge in [0.15, 0.2) is 0 Å². The van der Waals surface area contributed by atoms with Crippen molar-refractivity contribution in [2.75, 3.05) is 0 Å². The van der Waals surface area contributed by atoms with E-state index in [1.54, 1.807) is 11.3 Å². The van der Waals surface area contributed by atoms with Gasteiger partial charge in [-0.1, -0.05) is 34.1 Å². The Balaban J connectivity index is 1.93. The zero-order valence-corrected chi connectivity index (χ0v) is 13.1. The molecule has 0 aliphatic heterocycles. The molecule has 0 spiro atoms. The summed E-state index contributed by atoms with van der Waals surface area (Å²) >= 11 is 5.15. The average molecular weight is 348 g/mol. The van der Waals surface area contributed by atoms with Gasteiger partial charge in [-0.25, -0.2) is 4.98 Å². The van der Waals surface area contributed by atoms with E-state index in [1.807, 2.05) is 11.6 Å². The first-order chi connectivity index (χ1) is 9.76. The van der Waals surface area contributed by atoms with E-state index in [2.05, 4.69) is 62.7 Å². The molecule has 1 heterocycles. The van der Waals surface area contributed by atoms with Crippen LogP contribution in [-0.2, 0) is 6.42 Å². The molecule has 0 saturated heterocycles. The average Bonchev–Trinajstić information content (AvgIpc) is 2.97. The highest BCUT2D eigenvalue weighted by molar-refractivity contribution is 9.10. The van der Waals surface area contributed by atoms with Gasteiger partial charge in [-0.15, -0.1) is 11.3 Å². The minimum Gasteiger partial charge on any atom is -0.271 e. The smallest absolute Gasteiger partial charge is 0.0944 e. The Hall–Kier alpha value is -1.27. The number of hydrogen-bond donors (Lipinski definition) is 2. The number of rotatable bonds is 4. The van der Waals surface area contributed by atoms with Gasteiger partial charge in [0.05, 0.1) is 11.0 Å². The molecule has 0 aliphatic carbocycles. The number of nitrogens with one attached hydrogen (secondary N) is 1. The molecule has 3 aromatic rings. The lowest BCUT2D eigenvalue weighted by molar-refractivity contribution is 0.551. The second-order valence-corrected chi connectivity index (χ2v) is 6.49. The first kappa shape index (κ1) is 13.7. The quantitative estimate of drug-likeness (QED) is 0.557. The van der Waals surface area contributed by atoms with E-state index in [4.69, 9.17) is 5.84 Å². The van der Waals surface area contributed by atoms with Gasteiger partial charge in [-0.2, -0.15) is 0 Å². The van der Waals surface area contributed by atoms with Crippen LogP contribution < -0.4 is 11.3 Å². The lowest BCUT2D eigenvalue weighted by atomic mass is 10.0. The summed E-state index contributed by atoms with van der Waals surface area (Å²) < 4.78 is 1.09. The van der Waals surface area contributed by atoms with E-state index in [1.165, 1.54) is 16.3 Å². The first-order valence-electron chi connectivity index (χ1n) is 6.30. The molecule has 1 atom stereocenters. The van der Waals surface area contributed by atoms with Crippen LogP contribution in [0.1, 0.15) is 16.6 Å². The summed E-state index contributed by atoms with van der Waals surface area (Å²) in [4.78, 5) is 4.32. The molecule has 0 radical (unpaired) electrons. The van der Waals surface area contributed by atoms with Crippen molar-refractivity contribution >= 4 is 38.0 Å². The van der Waals surface area contributed by atoms with Crippen molar-refractivity contribution in [3.8, 4) is 0 Å². The molecule has 3 N–H and O–H groups in total. The molecular weight excluding hydrogens is 334 g/mol. The maximum Gasteiger partial charge on any atom is 0.0944 e.